The largest absolute Gasteiger partial charge is 0.465 e. The molecule has 1 N–H and O–H groups in total. The highest BCUT2D eigenvalue weighted by atomic mass is 16.5. The van der Waals surface area contributed by atoms with E-state index in [9.17, 15) is 19.2 Å². The zero-order valence-electron chi connectivity index (χ0n) is 14.8. The maximum absolute atomic E-state index is 13.1. The van der Waals surface area contributed by atoms with Crippen LogP contribution in [0.15, 0.2) is 24.3 Å². The topological polar surface area (TPSA) is 89.5 Å². The van der Waals surface area contributed by atoms with Gasteiger partial charge in [-0.05, 0) is 30.4 Å². The number of carbonyl (C=O) groups is 4. The summed E-state index contributed by atoms with van der Waals surface area (Å²) in [6.07, 6.45) is 0.823. The van der Waals surface area contributed by atoms with Crippen LogP contribution in [0.4, 0.5) is 5.69 Å². The van der Waals surface area contributed by atoms with Crippen LogP contribution in [0, 0.1) is 16.2 Å². The highest BCUT2D eigenvalue weighted by molar-refractivity contribution is 6.49. The van der Waals surface area contributed by atoms with Gasteiger partial charge < -0.3 is 10.1 Å². The van der Waals surface area contributed by atoms with Crippen LogP contribution in [0.5, 0.6) is 0 Å². The van der Waals surface area contributed by atoms with E-state index in [0.717, 1.165) is 0 Å². The zero-order chi connectivity index (χ0) is 18.6. The molecular formula is C19H21NO5. The molecule has 0 aromatic heterocycles. The molecule has 2 fully saturated rings. The van der Waals surface area contributed by atoms with Crippen molar-refractivity contribution in [3.8, 4) is 0 Å². The van der Waals surface area contributed by atoms with E-state index in [1.54, 1.807) is 39.0 Å². The number of para-hydroxylation sites is 1. The van der Waals surface area contributed by atoms with E-state index in [1.165, 1.54) is 13.2 Å². The number of ketones is 2. The van der Waals surface area contributed by atoms with Crippen LogP contribution < -0.4 is 5.32 Å². The van der Waals surface area contributed by atoms with E-state index in [1.807, 2.05) is 0 Å². The number of anilines is 1. The van der Waals surface area contributed by atoms with E-state index in [2.05, 4.69) is 5.32 Å². The minimum atomic E-state index is -1.40. The minimum Gasteiger partial charge on any atom is -0.465 e. The summed E-state index contributed by atoms with van der Waals surface area (Å²) in [5.41, 5.74) is -2.56. The fraction of sp³-hybridized carbons (Fsp3) is 0.474. The molecule has 132 valence electrons. The molecule has 0 unspecified atom stereocenters. The monoisotopic (exact) mass is 343 g/mol. The smallest absolute Gasteiger partial charge is 0.339 e. The van der Waals surface area contributed by atoms with E-state index >= 15 is 0 Å². The Morgan fingerprint density at radius 2 is 1.68 bits per heavy atom. The van der Waals surface area contributed by atoms with Crippen LogP contribution in [0.2, 0.25) is 0 Å². The van der Waals surface area contributed by atoms with Gasteiger partial charge in [0.25, 0.3) is 0 Å². The Hall–Kier alpha value is -2.50. The molecule has 1 aromatic rings. The van der Waals surface area contributed by atoms with Crippen molar-refractivity contribution in [2.45, 2.75) is 33.6 Å². The van der Waals surface area contributed by atoms with Gasteiger partial charge in [0.15, 0.2) is 0 Å². The molecular weight excluding hydrogens is 322 g/mol. The first-order valence-corrected chi connectivity index (χ1v) is 8.21. The predicted molar refractivity (Wildman–Crippen MR) is 90.0 cm³/mol. The molecule has 2 bridgehead atoms. The molecule has 2 atom stereocenters. The van der Waals surface area contributed by atoms with E-state index < -0.39 is 39.7 Å². The number of hydrogen-bond donors (Lipinski definition) is 1. The Morgan fingerprint density at radius 3 is 2.24 bits per heavy atom. The molecule has 0 saturated heterocycles. The molecule has 2 aliphatic rings. The number of rotatable bonds is 3. The van der Waals surface area contributed by atoms with Gasteiger partial charge in [-0.25, -0.2) is 4.79 Å². The lowest BCUT2D eigenvalue weighted by molar-refractivity contribution is -0.147. The number of amides is 1. The lowest BCUT2D eigenvalue weighted by Gasteiger charge is -2.37. The second-order valence-corrected chi connectivity index (χ2v) is 7.51. The van der Waals surface area contributed by atoms with Crippen LogP contribution in [0.1, 0.15) is 44.0 Å². The van der Waals surface area contributed by atoms with Crippen molar-refractivity contribution >= 4 is 29.1 Å². The standard InChI is InChI=1S/C19H21NO5/c1-17(2)18(3)9-10-19(17,14(22)13(18)21)16(24)20-12-8-6-5-7-11(12)15(23)25-4/h5-8H,9-10H2,1-4H3,(H,20,24)/t18-,19+/m1/s1. The number of methoxy groups -OCH3 is 1. The fourth-order valence-electron chi connectivity index (χ4n) is 4.38. The van der Waals surface area contributed by atoms with Gasteiger partial charge in [0.05, 0.1) is 18.4 Å². The summed E-state index contributed by atoms with van der Waals surface area (Å²) in [5, 5.41) is 2.70. The number of carbonyl (C=O) groups excluding carboxylic acids is 4. The van der Waals surface area contributed by atoms with Crippen molar-refractivity contribution in [2.24, 2.45) is 16.2 Å². The van der Waals surface area contributed by atoms with Gasteiger partial charge >= 0.3 is 5.97 Å². The highest BCUT2D eigenvalue weighted by Gasteiger charge is 2.77. The van der Waals surface area contributed by atoms with E-state index in [-0.39, 0.29) is 11.3 Å². The fourth-order valence-corrected chi connectivity index (χ4v) is 4.38. The average molecular weight is 343 g/mol. The molecule has 0 spiro atoms. The van der Waals surface area contributed by atoms with Crippen LogP contribution in [-0.4, -0.2) is 30.6 Å². The first-order chi connectivity index (χ1) is 11.6. The van der Waals surface area contributed by atoms with Gasteiger partial charge in [-0.2, -0.15) is 0 Å². The molecule has 25 heavy (non-hydrogen) atoms. The highest BCUT2D eigenvalue weighted by Crippen LogP contribution is 2.69. The lowest BCUT2D eigenvalue weighted by atomic mass is 9.64. The molecule has 0 aliphatic heterocycles. The second kappa shape index (κ2) is 5.25. The Balaban J connectivity index is 2.02. The van der Waals surface area contributed by atoms with Gasteiger partial charge in [-0.3, -0.25) is 14.4 Å². The number of esters is 1. The summed E-state index contributed by atoms with van der Waals surface area (Å²) in [6.45, 7) is 5.36. The van der Waals surface area contributed by atoms with Crippen molar-refractivity contribution in [2.75, 3.05) is 12.4 Å². The van der Waals surface area contributed by atoms with Crippen LogP contribution >= 0.6 is 0 Å². The Morgan fingerprint density at radius 1 is 1.04 bits per heavy atom. The predicted octanol–water partition coefficient (Wildman–Crippen LogP) is 2.38. The van der Waals surface area contributed by atoms with Crippen LogP contribution in [-0.2, 0) is 19.1 Å². The SMILES string of the molecule is COC(=O)c1ccccc1NC(=O)[C@]12CC[C@](C)(C(=O)C1=O)C2(C)C. The lowest BCUT2D eigenvalue weighted by Crippen LogP contribution is -2.48. The molecule has 1 aromatic carbocycles. The normalized spacial score (nSPS) is 29.6. The molecule has 2 saturated carbocycles. The number of nitrogens with one attached hydrogen (secondary N) is 1. The molecule has 2 aliphatic carbocycles. The maximum Gasteiger partial charge on any atom is 0.339 e. The molecule has 6 heteroatoms. The Kier molecular flexibility index (Phi) is 3.64. The molecule has 0 heterocycles. The summed E-state index contributed by atoms with van der Waals surface area (Å²) in [6, 6.07) is 6.43. The van der Waals surface area contributed by atoms with Gasteiger partial charge in [0.2, 0.25) is 17.5 Å². The summed E-state index contributed by atoms with van der Waals surface area (Å²) < 4.78 is 4.73. The number of benzene rings is 1. The van der Waals surface area contributed by atoms with E-state index in [0.29, 0.717) is 12.8 Å². The Bertz CT molecular complexity index is 812. The third kappa shape index (κ3) is 1.91. The second-order valence-electron chi connectivity index (χ2n) is 7.51. The summed E-state index contributed by atoms with van der Waals surface area (Å²) in [5.74, 6) is -2.22. The van der Waals surface area contributed by atoms with Crippen molar-refractivity contribution in [1.82, 2.24) is 0 Å². The Labute approximate surface area is 145 Å². The number of Topliss-reactive ketones (excluding diaryl/α,β-unsaturated/α-hetero) is 2. The third-order valence-corrected chi connectivity index (χ3v) is 6.51. The van der Waals surface area contributed by atoms with Crippen molar-refractivity contribution < 1.29 is 23.9 Å². The van der Waals surface area contributed by atoms with Crippen molar-refractivity contribution in [3.63, 3.8) is 0 Å². The first kappa shape index (κ1) is 17.3. The quantitative estimate of drug-likeness (QED) is 0.517. The van der Waals surface area contributed by atoms with Gasteiger partial charge in [0, 0.05) is 5.41 Å². The van der Waals surface area contributed by atoms with Gasteiger partial charge in [-0.1, -0.05) is 32.9 Å². The molecule has 6 nitrogen and oxygen atoms in total. The molecule has 0 radical (unpaired) electrons. The third-order valence-electron chi connectivity index (χ3n) is 6.51. The summed E-state index contributed by atoms with van der Waals surface area (Å²) in [7, 11) is 1.25. The minimum absolute atomic E-state index is 0.199. The number of ether oxygens (including phenoxy) is 1. The van der Waals surface area contributed by atoms with Crippen molar-refractivity contribution in [3.05, 3.63) is 29.8 Å². The number of hydrogen-bond acceptors (Lipinski definition) is 5. The maximum atomic E-state index is 13.1. The van der Waals surface area contributed by atoms with Gasteiger partial charge in [-0.15, -0.1) is 0 Å². The molecule has 3 rings (SSSR count). The van der Waals surface area contributed by atoms with Crippen molar-refractivity contribution in [1.29, 1.82) is 0 Å². The summed E-state index contributed by atoms with van der Waals surface area (Å²) >= 11 is 0. The summed E-state index contributed by atoms with van der Waals surface area (Å²) in [4.78, 5) is 50.2. The van der Waals surface area contributed by atoms with Crippen LogP contribution in [0.25, 0.3) is 0 Å². The first-order valence-electron chi connectivity index (χ1n) is 8.21. The average Bonchev–Trinajstić information content (AvgIpc) is 2.86. The number of fused-ring (bicyclic) bond motifs is 2. The molecule has 1 amide bonds. The zero-order valence-corrected chi connectivity index (χ0v) is 14.8. The van der Waals surface area contributed by atoms with E-state index in [4.69, 9.17) is 4.74 Å². The van der Waals surface area contributed by atoms with Crippen LogP contribution in [0.3, 0.4) is 0 Å². The van der Waals surface area contributed by atoms with Gasteiger partial charge in [0.1, 0.15) is 5.41 Å².